The topological polar surface area (TPSA) is 54.0 Å². The zero-order valence-electron chi connectivity index (χ0n) is 13.3. The number of anilines is 1. The van der Waals surface area contributed by atoms with Crippen LogP contribution in [0.15, 0.2) is 16.7 Å². The van der Waals surface area contributed by atoms with Crippen molar-refractivity contribution < 1.29 is 4.79 Å². The van der Waals surface area contributed by atoms with Crippen molar-refractivity contribution in [3.8, 4) is 0 Å². The van der Waals surface area contributed by atoms with Gasteiger partial charge in [0, 0.05) is 29.3 Å². The molecular weight excluding hydrogens is 342 g/mol. The van der Waals surface area contributed by atoms with Gasteiger partial charge in [-0.3, -0.25) is 4.79 Å². The Labute approximate surface area is 141 Å². The summed E-state index contributed by atoms with van der Waals surface area (Å²) >= 11 is 3.34. The Bertz CT molecular complexity index is 475. The molecular formula is C17H26BrN3O. The molecule has 0 radical (unpaired) electrons. The first kappa shape index (κ1) is 17.4. The number of hydrogen-bond donors (Lipinski definition) is 2. The zero-order valence-corrected chi connectivity index (χ0v) is 14.9. The Morgan fingerprint density at radius 2 is 2.18 bits per heavy atom. The molecule has 1 aromatic heterocycles. The summed E-state index contributed by atoms with van der Waals surface area (Å²) in [6.07, 6.45) is 11.5. The zero-order chi connectivity index (χ0) is 15.8. The highest BCUT2D eigenvalue weighted by Gasteiger charge is 2.16. The summed E-state index contributed by atoms with van der Waals surface area (Å²) in [5.41, 5.74) is 0.600. The lowest BCUT2D eigenvalue weighted by Gasteiger charge is -2.28. The maximum atomic E-state index is 11.1. The van der Waals surface area contributed by atoms with Crippen LogP contribution in [-0.4, -0.2) is 29.9 Å². The van der Waals surface area contributed by atoms with Gasteiger partial charge in [-0.1, -0.05) is 26.2 Å². The molecule has 5 heteroatoms. The van der Waals surface area contributed by atoms with E-state index in [1.165, 1.54) is 32.1 Å². The number of hydrogen-bond acceptors (Lipinski definition) is 4. The van der Waals surface area contributed by atoms with Crippen molar-refractivity contribution in [3.63, 3.8) is 0 Å². The summed E-state index contributed by atoms with van der Waals surface area (Å²) in [5.74, 6) is 0.672. The van der Waals surface area contributed by atoms with E-state index in [4.69, 9.17) is 0 Å². The Hall–Kier alpha value is -0.940. The summed E-state index contributed by atoms with van der Waals surface area (Å²) in [7, 11) is 0. The third-order valence-electron chi connectivity index (χ3n) is 4.37. The summed E-state index contributed by atoms with van der Waals surface area (Å²) in [4.78, 5) is 15.4. The number of pyridine rings is 1. The minimum atomic E-state index is 0.533. The standard InChI is InChI=1S/C17H26BrN3O/c1-2-15(21-16-6-4-3-5-7-16)8-9-19-17-13(12-22)10-14(18)11-20-17/h10-12,15-16,21H,2-9H2,1H3,(H,19,20). The molecule has 2 N–H and O–H groups in total. The molecule has 2 rings (SSSR count). The number of nitrogens with one attached hydrogen (secondary N) is 2. The highest BCUT2D eigenvalue weighted by atomic mass is 79.9. The van der Waals surface area contributed by atoms with E-state index in [1.807, 2.05) is 0 Å². The van der Waals surface area contributed by atoms with E-state index in [9.17, 15) is 4.79 Å². The van der Waals surface area contributed by atoms with Crippen molar-refractivity contribution in [2.75, 3.05) is 11.9 Å². The maximum Gasteiger partial charge on any atom is 0.153 e. The van der Waals surface area contributed by atoms with E-state index < -0.39 is 0 Å². The van der Waals surface area contributed by atoms with E-state index in [1.54, 1.807) is 12.3 Å². The van der Waals surface area contributed by atoms with E-state index in [2.05, 4.69) is 38.5 Å². The van der Waals surface area contributed by atoms with Crippen LogP contribution in [0.4, 0.5) is 5.82 Å². The van der Waals surface area contributed by atoms with E-state index in [-0.39, 0.29) is 0 Å². The second kappa shape index (κ2) is 9.26. The van der Waals surface area contributed by atoms with Crippen molar-refractivity contribution in [2.24, 2.45) is 0 Å². The monoisotopic (exact) mass is 367 g/mol. The Kier molecular flexibility index (Phi) is 7.33. The third-order valence-corrected chi connectivity index (χ3v) is 4.80. The van der Waals surface area contributed by atoms with Crippen LogP contribution in [0, 0.1) is 0 Å². The second-order valence-corrected chi connectivity index (χ2v) is 6.95. The highest BCUT2D eigenvalue weighted by Crippen LogP contribution is 2.19. The Balaban J connectivity index is 1.79. The van der Waals surface area contributed by atoms with Crippen molar-refractivity contribution in [1.82, 2.24) is 10.3 Å². The molecule has 1 saturated carbocycles. The second-order valence-electron chi connectivity index (χ2n) is 6.03. The summed E-state index contributed by atoms with van der Waals surface area (Å²) in [6.45, 7) is 3.06. The van der Waals surface area contributed by atoms with Gasteiger partial charge in [0.1, 0.15) is 5.82 Å². The number of carbonyl (C=O) groups is 1. The SMILES string of the molecule is CCC(CCNc1ncc(Br)cc1C=O)NC1CCCCC1. The first-order chi connectivity index (χ1) is 10.7. The van der Waals surface area contributed by atoms with Gasteiger partial charge in [-0.25, -0.2) is 4.98 Å². The Morgan fingerprint density at radius 1 is 1.41 bits per heavy atom. The number of aldehydes is 1. The van der Waals surface area contributed by atoms with Gasteiger partial charge < -0.3 is 10.6 Å². The molecule has 0 saturated heterocycles. The average Bonchev–Trinajstić information content (AvgIpc) is 2.56. The minimum Gasteiger partial charge on any atom is -0.369 e. The van der Waals surface area contributed by atoms with E-state index >= 15 is 0 Å². The van der Waals surface area contributed by atoms with Crippen LogP contribution < -0.4 is 10.6 Å². The summed E-state index contributed by atoms with van der Waals surface area (Å²) < 4.78 is 0.825. The van der Waals surface area contributed by atoms with Crippen LogP contribution in [-0.2, 0) is 0 Å². The van der Waals surface area contributed by atoms with Crippen LogP contribution in [0.25, 0.3) is 0 Å². The van der Waals surface area contributed by atoms with E-state index in [0.717, 1.165) is 30.1 Å². The predicted molar refractivity (Wildman–Crippen MR) is 94.5 cm³/mol. The van der Waals surface area contributed by atoms with E-state index in [0.29, 0.717) is 23.5 Å². The van der Waals surface area contributed by atoms with Gasteiger partial charge in [-0.05, 0) is 47.7 Å². The number of nitrogens with zero attached hydrogens (tertiary/aromatic N) is 1. The molecule has 122 valence electrons. The van der Waals surface area contributed by atoms with Crippen molar-refractivity contribution >= 4 is 28.0 Å². The average molecular weight is 368 g/mol. The molecule has 0 aliphatic heterocycles. The Morgan fingerprint density at radius 3 is 2.86 bits per heavy atom. The first-order valence-electron chi connectivity index (χ1n) is 8.33. The molecule has 1 heterocycles. The van der Waals surface area contributed by atoms with Gasteiger partial charge in [-0.15, -0.1) is 0 Å². The lowest BCUT2D eigenvalue weighted by Crippen LogP contribution is -2.40. The number of rotatable bonds is 8. The molecule has 0 aromatic carbocycles. The molecule has 1 unspecified atom stereocenters. The van der Waals surface area contributed by atoms with Gasteiger partial charge in [0.15, 0.2) is 6.29 Å². The van der Waals surface area contributed by atoms with Crippen molar-refractivity contribution in [2.45, 2.75) is 64.0 Å². The van der Waals surface area contributed by atoms with Crippen LogP contribution in [0.1, 0.15) is 62.2 Å². The van der Waals surface area contributed by atoms with Crippen LogP contribution in [0.2, 0.25) is 0 Å². The molecule has 22 heavy (non-hydrogen) atoms. The van der Waals surface area contributed by atoms with Crippen LogP contribution in [0.5, 0.6) is 0 Å². The number of halogens is 1. The number of aromatic nitrogens is 1. The van der Waals surface area contributed by atoms with Gasteiger partial charge in [0.05, 0.1) is 5.56 Å². The normalized spacial score (nSPS) is 17.2. The van der Waals surface area contributed by atoms with Crippen LogP contribution >= 0.6 is 15.9 Å². The minimum absolute atomic E-state index is 0.533. The number of carbonyl (C=O) groups excluding carboxylic acids is 1. The lowest BCUT2D eigenvalue weighted by atomic mass is 9.94. The molecule has 4 nitrogen and oxygen atoms in total. The molecule has 1 fully saturated rings. The quantitative estimate of drug-likeness (QED) is 0.677. The molecule has 1 aliphatic rings. The van der Waals surface area contributed by atoms with Gasteiger partial charge in [0.2, 0.25) is 0 Å². The molecule has 1 aromatic rings. The smallest absolute Gasteiger partial charge is 0.153 e. The van der Waals surface area contributed by atoms with Gasteiger partial charge in [-0.2, -0.15) is 0 Å². The van der Waals surface area contributed by atoms with Gasteiger partial charge in [0.25, 0.3) is 0 Å². The molecule has 0 amide bonds. The highest BCUT2D eigenvalue weighted by molar-refractivity contribution is 9.10. The van der Waals surface area contributed by atoms with Crippen molar-refractivity contribution in [3.05, 3.63) is 22.3 Å². The fourth-order valence-electron chi connectivity index (χ4n) is 3.07. The first-order valence-corrected chi connectivity index (χ1v) is 9.13. The molecule has 0 spiro atoms. The largest absolute Gasteiger partial charge is 0.369 e. The van der Waals surface area contributed by atoms with Crippen LogP contribution in [0.3, 0.4) is 0 Å². The third kappa shape index (κ3) is 5.36. The predicted octanol–water partition coefficient (Wildman–Crippen LogP) is 4.16. The summed E-state index contributed by atoms with van der Waals surface area (Å²) in [6, 6.07) is 3.01. The fraction of sp³-hybridized carbons (Fsp3) is 0.647. The molecule has 0 bridgehead atoms. The summed E-state index contributed by atoms with van der Waals surface area (Å²) in [5, 5.41) is 7.08. The molecule has 1 atom stereocenters. The molecule has 1 aliphatic carbocycles. The maximum absolute atomic E-state index is 11.1. The lowest BCUT2D eigenvalue weighted by molar-refractivity contribution is 0.112. The van der Waals surface area contributed by atoms with Gasteiger partial charge >= 0.3 is 0 Å². The fourth-order valence-corrected chi connectivity index (χ4v) is 3.41. The van der Waals surface area contributed by atoms with Crippen molar-refractivity contribution in [1.29, 1.82) is 0 Å².